The topological polar surface area (TPSA) is 40.5 Å². The molecular formula is C19H29FO2. The lowest BCUT2D eigenvalue weighted by atomic mass is 9.47. The second kappa shape index (κ2) is 4.80. The van der Waals surface area contributed by atoms with Gasteiger partial charge in [0.15, 0.2) is 0 Å². The van der Waals surface area contributed by atoms with Gasteiger partial charge in [-0.25, -0.2) is 4.39 Å². The van der Waals surface area contributed by atoms with Crippen LogP contribution in [0.25, 0.3) is 0 Å². The summed E-state index contributed by atoms with van der Waals surface area (Å²) >= 11 is 0. The summed E-state index contributed by atoms with van der Waals surface area (Å²) in [4.78, 5) is 0. The molecule has 2 N–H and O–H groups in total. The summed E-state index contributed by atoms with van der Waals surface area (Å²) in [5, 5.41) is 21.1. The van der Waals surface area contributed by atoms with Gasteiger partial charge in [0.2, 0.25) is 0 Å². The average molecular weight is 308 g/mol. The van der Waals surface area contributed by atoms with Crippen LogP contribution in [-0.4, -0.2) is 28.6 Å². The number of aliphatic hydroxyl groups excluding tert-OH is 2. The second-order valence-electron chi connectivity index (χ2n) is 8.84. The van der Waals surface area contributed by atoms with E-state index in [0.29, 0.717) is 18.3 Å². The van der Waals surface area contributed by atoms with Crippen molar-refractivity contribution >= 4 is 0 Å². The lowest BCUT2D eigenvalue weighted by Gasteiger charge is -2.58. The first-order chi connectivity index (χ1) is 10.4. The Bertz CT molecular complexity index is 504. The highest BCUT2D eigenvalue weighted by molar-refractivity contribution is 5.27. The third kappa shape index (κ3) is 1.78. The van der Waals surface area contributed by atoms with Crippen LogP contribution in [0.5, 0.6) is 0 Å². The van der Waals surface area contributed by atoms with Gasteiger partial charge in [0.1, 0.15) is 6.17 Å². The summed E-state index contributed by atoms with van der Waals surface area (Å²) < 4.78 is 14.2. The van der Waals surface area contributed by atoms with E-state index in [-0.39, 0.29) is 22.9 Å². The summed E-state index contributed by atoms with van der Waals surface area (Å²) in [5.41, 5.74) is 1.08. The molecule has 2 nitrogen and oxygen atoms in total. The van der Waals surface area contributed by atoms with Gasteiger partial charge in [-0.1, -0.05) is 19.9 Å². The standard InChI is InChI=1S/C19H29FO2/c1-18-7-4-3-5-13(18)16(21)9-11-12(18)6-8-19(2)14(11)10-15(20)17(19)22/h5,11-12,14-17,21-22H,3-4,6-10H2,1-2H3/t11-,12+,14+,15+,16+,17-,18-,19+/m1/s1. The summed E-state index contributed by atoms with van der Waals surface area (Å²) in [7, 11) is 0. The minimum absolute atomic E-state index is 0.0985. The molecule has 0 saturated heterocycles. The number of halogens is 1. The molecule has 0 unspecified atom stereocenters. The Hall–Kier alpha value is -0.410. The Labute approximate surface area is 132 Å². The molecule has 0 aromatic heterocycles. The summed E-state index contributed by atoms with van der Waals surface area (Å²) in [6.07, 6.45) is 6.73. The van der Waals surface area contributed by atoms with Gasteiger partial charge >= 0.3 is 0 Å². The Morgan fingerprint density at radius 1 is 1.14 bits per heavy atom. The first-order valence-electron chi connectivity index (χ1n) is 9.08. The van der Waals surface area contributed by atoms with Crippen molar-refractivity contribution in [2.24, 2.45) is 28.6 Å². The van der Waals surface area contributed by atoms with Crippen LogP contribution in [-0.2, 0) is 0 Å². The van der Waals surface area contributed by atoms with Crippen molar-refractivity contribution in [3.63, 3.8) is 0 Å². The van der Waals surface area contributed by atoms with E-state index in [1.54, 1.807) is 0 Å². The van der Waals surface area contributed by atoms with Crippen LogP contribution >= 0.6 is 0 Å². The molecule has 4 aliphatic rings. The number of fused-ring (bicyclic) bond motifs is 5. The minimum Gasteiger partial charge on any atom is -0.390 e. The zero-order valence-corrected chi connectivity index (χ0v) is 13.8. The highest BCUT2D eigenvalue weighted by Crippen LogP contribution is 2.65. The van der Waals surface area contributed by atoms with Gasteiger partial charge in [0.05, 0.1) is 12.2 Å². The van der Waals surface area contributed by atoms with E-state index in [9.17, 15) is 14.6 Å². The molecule has 0 amide bonds. The monoisotopic (exact) mass is 308 g/mol. The van der Waals surface area contributed by atoms with Gasteiger partial charge in [0.25, 0.3) is 0 Å². The van der Waals surface area contributed by atoms with Gasteiger partial charge in [-0.05, 0) is 79.1 Å². The van der Waals surface area contributed by atoms with E-state index in [1.165, 1.54) is 12.0 Å². The molecule has 0 aromatic carbocycles. The molecule has 0 radical (unpaired) electrons. The molecule has 0 bridgehead atoms. The number of allylic oxidation sites excluding steroid dienone is 1. The maximum atomic E-state index is 14.2. The van der Waals surface area contributed by atoms with Gasteiger partial charge in [-0.15, -0.1) is 0 Å². The Kier molecular flexibility index (Phi) is 3.30. The maximum absolute atomic E-state index is 14.2. The minimum atomic E-state index is -1.08. The highest BCUT2D eigenvalue weighted by Gasteiger charge is 2.62. The zero-order chi connectivity index (χ0) is 15.7. The zero-order valence-electron chi connectivity index (χ0n) is 13.8. The molecule has 22 heavy (non-hydrogen) atoms. The molecule has 0 aromatic rings. The quantitative estimate of drug-likeness (QED) is 0.671. The lowest BCUT2D eigenvalue weighted by molar-refractivity contribution is -0.0967. The SMILES string of the molecule is C[C@]12CC[C@H]3[C@@H](C[C@H](O)C4=CCCC[C@@]43C)[C@@H]1C[C@H](F)[C@H]2O. The first kappa shape index (κ1) is 15.1. The summed E-state index contributed by atoms with van der Waals surface area (Å²) in [6, 6.07) is 0. The van der Waals surface area contributed by atoms with Gasteiger partial charge in [-0.2, -0.15) is 0 Å². The van der Waals surface area contributed by atoms with Crippen LogP contribution in [0.1, 0.15) is 58.8 Å². The fraction of sp³-hybridized carbons (Fsp3) is 0.895. The Morgan fingerprint density at radius 3 is 2.68 bits per heavy atom. The van der Waals surface area contributed by atoms with Gasteiger partial charge < -0.3 is 10.2 Å². The smallest absolute Gasteiger partial charge is 0.127 e. The van der Waals surface area contributed by atoms with Crippen LogP contribution in [0.2, 0.25) is 0 Å². The molecule has 3 heteroatoms. The Morgan fingerprint density at radius 2 is 1.91 bits per heavy atom. The van der Waals surface area contributed by atoms with Crippen molar-refractivity contribution in [3.8, 4) is 0 Å². The molecule has 4 rings (SSSR count). The number of aliphatic hydroxyl groups is 2. The van der Waals surface area contributed by atoms with Gasteiger partial charge in [0, 0.05) is 0 Å². The molecule has 4 aliphatic carbocycles. The van der Waals surface area contributed by atoms with Crippen molar-refractivity contribution in [2.75, 3.05) is 0 Å². The number of alkyl halides is 1. The van der Waals surface area contributed by atoms with Crippen molar-refractivity contribution in [2.45, 2.75) is 77.2 Å². The largest absolute Gasteiger partial charge is 0.390 e. The fourth-order valence-corrected chi connectivity index (χ4v) is 6.76. The second-order valence-corrected chi connectivity index (χ2v) is 8.84. The van der Waals surface area contributed by atoms with Gasteiger partial charge in [-0.3, -0.25) is 0 Å². The normalized spacial score (nSPS) is 57.6. The van der Waals surface area contributed by atoms with E-state index >= 15 is 0 Å². The molecule has 124 valence electrons. The van der Waals surface area contributed by atoms with E-state index in [1.807, 2.05) is 0 Å². The lowest BCUT2D eigenvalue weighted by Crippen LogP contribution is -2.54. The van der Waals surface area contributed by atoms with Crippen molar-refractivity contribution in [1.29, 1.82) is 0 Å². The highest BCUT2D eigenvalue weighted by atomic mass is 19.1. The van der Waals surface area contributed by atoms with Crippen LogP contribution < -0.4 is 0 Å². The van der Waals surface area contributed by atoms with Crippen LogP contribution in [0.15, 0.2) is 11.6 Å². The molecule has 3 saturated carbocycles. The number of hydrogen-bond donors (Lipinski definition) is 2. The molecule has 8 atom stereocenters. The van der Waals surface area contributed by atoms with Crippen molar-refractivity contribution in [1.82, 2.24) is 0 Å². The third-order valence-electron chi connectivity index (χ3n) is 7.97. The van der Waals surface area contributed by atoms with Crippen LogP contribution in [0.3, 0.4) is 0 Å². The number of hydrogen-bond acceptors (Lipinski definition) is 2. The predicted octanol–water partition coefficient (Wildman–Crippen LogP) is 3.62. The summed E-state index contributed by atoms with van der Waals surface area (Å²) in [6.45, 7) is 4.41. The van der Waals surface area contributed by atoms with E-state index < -0.39 is 12.3 Å². The molecule has 0 heterocycles. The average Bonchev–Trinajstić information content (AvgIpc) is 2.71. The predicted molar refractivity (Wildman–Crippen MR) is 84.0 cm³/mol. The van der Waals surface area contributed by atoms with E-state index in [0.717, 1.165) is 32.1 Å². The molecular weight excluding hydrogens is 279 g/mol. The van der Waals surface area contributed by atoms with Crippen molar-refractivity contribution < 1.29 is 14.6 Å². The van der Waals surface area contributed by atoms with Crippen LogP contribution in [0.4, 0.5) is 4.39 Å². The third-order valence-corrected chi connectivity index (χ3v) is 7.97. The van der Waals surface area contributed by atoms with Crippen molar-refractivity contribution in [3.05, 3.63) is 11.6 Å². The molecule has 0 spiro atoms. The maximum Gasteiger partial charge on any atom is 0.127 e. The van der Waals surface area contributed by atoms with E-state index in [2.05, 4.69) is 19.9 Å². The molecule has 0 aliphatic heterocycles. The fourth-order valence-electron chi connectivity index (χ4n) is 6.76. The van der Waals surface area contributed by atoms with E-state index in [4.69, 9.17) is 0 Å². The van der Waals surface area contributed by atoms with Crippen LogP contribution in [0, 0.1) is 28.6 Å². The summed E-state index contributed by atoms with van der Waals surface area (Å²) in [5.74, 6) is 1.15. The first-order valence-corrected chi connectivity index (χ1v) is 9.08. The number of rotatable bonds is 0. The molecule has 3 fully saturated rings. The Balaban J connectivity index is 1.72.